The smallest absolute Gasteiger partial charge is 0.209 e. The quantitative estimate of drug-likeness (QED) is 0.531. The van der Waals surface area contributed by atoms with Gasteiger partial charge in [-0.25, -0.2) is 13.1 Å². The average Bonchev–Trinajstić information content (AvgIpc) is 2.81. The summed E-state index contributed by atoms with van der Waals surface area (Å²) in [5, 5.41) is 15.7. The number of nitrogens with one attached hydrogen (secondary N) is 1. The van der Waals surface area contributed by atoms with Gasteiger partial charge in [-0.05, 0) is 37.6 Å². The van der Waals surface area contributed by atoms with Crippen molar-refractivity contribution in [2.45, 2.75) is 51.4 Å². The lowest BCUT2D eigenvalue weighted by Gasteiger charge is -2.20. The van der Waals surface area contributed by atoms with Crippen molar-refractivity contribution in [1.82, 2.24) is 25.5 Å². The third-order valence-corrected chi connectivity index (χ3v) is 5.58. The number of hydrogen-bond donors (Lipinski definition) is 1. The number of sulfone groups is 1. The normalized spacial score (nSPS) is 12.8. The van der Waals surface area contributed by atoms with Crippen LogP contribution in [0.3, 0.4) is 0 Å². The molecule has 7 nitrogen and oxygen atoms in total. The fourth-order valence-electron chi connectivity index (χ4n) is 1.56. The van der Waals surface area contributed by atoms with Gasteiger partial charge in [0.05, 0.1) is 12.3 Å². The first kappa shape index (κ1) is 18.4. The minimum Gasteiger partial charge on any atom is -0.310 e. The Hall–Kier alpha value is -0.670. The molecule has 0 aliphatic carbocycles. The number of nitrogens with zero attached hydrogens (tertiary/aromatic N) is 4. The summed E-state index contributed by atoms with van der Waals surface area (Å²) >= 11 is 1.50. The number of rotatable bonds is 9. The maximum absolute atomic E-state index is 11.4. The highest BCUT2D eigenvalue weighted by Crippen LogP contribution is 2.15. The van der Waals surface area contributed by atoms with Gasteiger partial charge in [0.1, 0.15) is 9.84 Å². The molecule has 0 radical (unpaired) electrons. The molecule has 122 valence electrons. The van der Waals surface area contributed by atoms with E-state index in [4.69, 9.17) is 0 Å². The molecule has 0 unspecified atom stereocenters. The molecular weight excluding hydrogens is 310 g/mol. The highest BCUT2D eigenvalue weighted by molar-refractivity contribution is 7.99. The molecule has 0 atom stereocenters. The SMILES string of the molecule is CCS(=O)(=O)CCCSc1nnnn1CCNC(C)(C)C. The molecule has 1 rings (SSSR count). The molecule has 0 saturated heterocycles. The van der Waals surface area contributed by atoms with Crippen LogP contribution in [0, 0.1) is 0 Å². The third kappa shape index (κ3) is 7.77. The Kier molecular flexibility index (Phi) is 7.08. The minimum absolute atomic E-state index is 0.0653. The molecule has 0 amide bonds. The minimum atomic E-state index is -2.88. The molecule has 1 N–H and O–H groups in total. The molecule has 1 heterocycles. The van der Waals surface area contributed by atoms with Crippen molar-refractivity contribution in [2.24, 2.45) is 0 Å². The van der Waals surface area contributed by atoms with Gasteiger partial charge in [0.25, 0.3) is 0 Å². The lowest BCUT2D eigenvalue weighted by Crippen LogP contribution is -2.38. The van der Waals surface area contributed by atoms with Gasteiger partial charge in [0.2, 0.25) is 5.16 Å². The van der Waals surface area contributed by atoms with Crippen LogP contribution >= 0.6 is 11.8 Å². The van der Waals surface area contributed by atoms with Gasteiger partial charge >= 0.3 is 0 Å². The van der Waals surface area contributed by atoms with Gasteiger partial charge in [-0.2, -0.15) is 0 Å². The summed E-state index contributed by atoms with van der Waals surface area (Å²) < 4.78 is 24.5. The first-order valence-electron chi connectivity index (χ1n) is 7.08. The molecule has 0 aliphatic rings. The van der Waals surface area contributed by atoms with E-state index in [0.29, 0.717) is 18.7 Å². The van der Waals surface area contributed by atoms with Crippen molar-refractivity contribution in [2.75, 3.05) is 23.8 Å². The zero-order valence-corrected chi connectivity index (χ0v) is 14.8. The molecule has 21 heavy (non-hydrogen) atoms. The summed E-state index contributed by atoms with van der Waals surface area (Å²) in [6.45, 7) is 9.47. The van der Waals surface area contributed by atoms with Crippen LogP contribution in [-0.2, 0) is 16.4 Å². The van der Waals surface area contributed by atoms with Crippen LogP contribution in [0.4, 0.5) is 0 Å². The Morgan fingerprint density at radius 2 is 2.05 bits per heavy atom. The topological polar surface area (TPSA) is 89.8 Å². The van der Waals surface area contributed by atoms with Crippen LogP contribution in [0.2, 0.25) is 0 Å². The van der Waals surface area contributed by atoms with E-state index in [1.165, 1.54) is 11.8 Å². The second kappa shape index (κ2) is 8.09. The van der Waals surface area contributed by atoms with E-state index >= 15 is 0 Å². The molecular formula is C12H25N5O2S2. The van der Waals surface area contributed by atoms with Crippen LogP contribution in [0.15, 0.2) is 5.16 Å². The van der Waals surface area contributed by atoms with E-state index in [1.807, 2.05) is 0 Å². The van der Waals surface area contributed by atoms with Crippen LogP contribution in [0.1, 0.15) is 34.1 Å². The predicted molar refractivity (Wildman–Crippen MR) is 85.2 cm³/mol. The monoisotopic (exact) mass is 335 g/mol. The predicted octanol–water partition coefficient (Wildman–Crippen LogP) is 0.978. The van der Waals surface area contributed by atoms with E-state index in [2.05, 4.69) is 41.6 Å². The van der Waals surface area contributed by atoms with Gasteiger partial charge in [-0.15, -0.1) is 5.10 Å². The summed E-state index contributed by atoms with van der Waals surface area (Å²) in [6, 6.07) is 0. The summed E-state index contributed by atoms with van der Waals surface area (Å²) in [5.74, 6) is 1.13. The standard InChI is InChI=1S/C12H25N5O2S2/c1-5-21(18,19)10-6-9-20-11-14-15-16-17(11)8-7-13-12(2,3)4/h13H,5-10H2,1-4H3. The lowest BCUT2D eigenvalue weighted by atomic mass is 10.1. The van der Waals surface area contributed by atoms with Crippen molar-refractivity contribution >= 4 is 21.6 Å². The summed E-state index contributed by atoms with van der Waals surface area (Å²) in [5.41, 5.74) is 0.0653. The maximum atomic E-state index is 11.4. The lowest BCUT2D eigenvalue weighted by molar-refractivity contribution is 0.396. The average molecular weight is 335 g/mol. The van der Waals surface area contributed by atoms with E-state index < -0.39 is 9.84 Å². The number of aromatic nitrogens is 4. The Balaban J connectivity index is 2.35. The van der Waals surface area contributed by atoms with Crippen LogP contribution in [0.5, 0.6) is 0 Å². The molecule has 0 aromatic carbocycles. The molecule has 0 aliphatic heterocycles. The summed E-state index contributed by atoms with van der Waals surface area (Å²) in [7, 11) is -2.88. The maximum Gasteiger partial charge on any atom is 0.209 e. The zero-order valence-electron chi connectivity index (χ0n) is 13.2. The molecule has 0 bridgehead atoms. The van der Waals surface area contributed by atoms with Crippen molar-refractivity contribution in [1.29, 1.82) is 0 Å². The number of hydrogen-bond acceptors (Lipinski definition) is 7. The Labute approximate surface area is 131 Å². The Morgan fingerprint density at radius 3 is 2.67 bits per heavy atom. The first-order valence-corrected chi connectivity index (χ1v) is 9.88. The van der Waals surface area contributed by atoms with Gasteiger partial charge in [-0.3, -0.25) is 0 Å². The highest BCUT2D eigenvalue weighted by Gasteiger charge is 2.11. The van der Waals surface area contributed by atoms with Crippen LogP contribution in [0.25, 0.3) is 0 Å². The van der Waals surface area contributed by atoms with Crippen LogP contribution in [-0.4, -0.2) is 58.0 Å². The van der Waals surface area contributed by atoms with Crippen molar-refractivity contribution in [3.05, 3.63) is 0 Å². The fourth-order valence-corrected chi connectivity index (χ4v) is 3.46. The Bertz CT molecular complexity index is 522. The van der Waals surface area contributed by atoms with E-state index in [0.717, 1.165) is 11.7 Å². The van der Waals surface area contributed by atoms with Crippen molar-refractivity contribution in [3.63, 3.8) is 0 Å². The fraction of sp³-hybridized carbons (Fsp3) is 0.917. The van der Waals surface area contributed by atoms with E-state index in [9.17, 15) is 8.42 Å². The van der Waals surface area contributed by atoms with Gasteiger partial charge in [0, 0.05) is 23.6 Å². The molecule has 0 spiro atoms. The number of thioether (sulfide) groups is 1. The summed E-state index contributed by atoms with van der Waals surface area (Å²) in [4.78, 5) is 0. The summed E-state index contributed by atoms with van der Waals surface area (Å²) in [6.07, 6.45) is 0.619. The Morgan fingerprint density at radius 1 is 1.33 bits per heavy atom. The van der Waals surface area contributed by atoms with E-state index in [-0.39, 0.29) is 17.0 Å². The molecule has 1 aromatic heterocycles. The molecule has 0 saturated carbocycles. The van der Waals surface area contributed by atoms with Crippen molar-refractivity contribution < 1.29 is 8.42 Å². The van der Waals surface area contributed by atoms with E-state index in [1.54, 1.807) is 11.6 Å². The highest BCUT2D eigenvalue weighted by atomic mass is 32.2. The largest absolute Gasteiger partial charge is 0.310 e. The van der Waals surface area contributed by atoms with Crippen molar-refractivity contribution in [3.8, 4) is 0 Å². The van der Waals surface area contributed by atoms with Crippen LogP contribution < -0.4 is 5.32 Å². The van der Waals surface area contributed by atoms with Gasteiger partial charge in [0.15, 0.2) is 0 Å². The second-order valence-electron chi connectivity index (χ2n) is 5.80. The molecule has 9 heteroatoms. The number of tetrazole rings is 1. The first-order chi connectivity index (χ1) is 9.73. The third-order valence-electron chi connectivity index (χ3n) is 2.75. The second-order valence-corrected chi connectivity index (χ2v) is 9.33. The van der Waals surface area contributed by atoms with Gasteiger partial charge < -0.3 is 5.32 Å². The zero-order chi connectivity index (χ0) is 15.9. The van der Waals surface area contributed by atoms with Gasteiger partial charge in [-0.1, -0.05) is 18.7 Å². The molecule has 0 fully saturated rings. The molecule has 1 aromatic rings.